The second kappa shape index (κ2) is 10.2. The highest BCUT2D eigenvalue weighted by molar-refractivity contribution is 5.98. The maximum Gasteiger partial charge on any atom is 0.181 e. The van der Waals surface area contributed by atoms with Gasteiger partial charge in [-0.2, -0.15) is 0 Å². The summed E-state index contributed by atoms with van der Waals surface area (Å²) in [5, 5.41) is 10.4. The summed E-state index contributed by atoms with van der Waals surface area (Å²) in [5.41, 5.74) is 3.29. The molecule has 0 unspecified atom stereocenters. The third-order valence-electron chi connectivity index (χ3n) is 5.35. The minimum Gasteiger partial charge on any atom is -0.444 e. The van der Waals surface area contributed by atoms with Crippen LogP contribution in [0.4, 0.5) is 5.69 Å². The van der Waals surface area contributed by atoms with Gasteiger partial charge in [-0.25, -0.2) is 9.98 Å². The van der Waals surface area contributed by atoms with E-state index in [1.807, 2.05) is 24.3 Å². The second-order valence-electron chi connectivity index (χ2n) is 7.42. The molecule has 154 valence electrons. The van der Waals surface area contributed by atoms with Gasteiger partial charge < -0.3 is 25.1 Å². The lowest BCUT2D eigenvalue weighted by atomic mass is 10.00. The van der Waals surface area contributed by atoms with Crippen LogP contribution in [0.15, 0.2) is 57.9 Å². The van der Waals surface area contributed by atoms with Crippen LogP contribution in [0.5, 0.6) is 0 Å². The Labute approximate surface area is 171 Å². The van der Waals surface area contributed by atoms with Crippen molar-refractivity contribution in [2.24, 2.45) is 10.9 Å². The highest BCUT2D eigenvalue weighted by Gasteiger charge is 2.16. The number of amidine groups is 1. The molecule has 1 aromatic carbocycles. The summed E-state index contributed by atoms with van der Waals surface area (Å²) in [4.78, 5) is 8.79. The summed E-state index contributed by atoms with van der Waals surface area (Å²) in [7, 11) is 0. The monoisotopic (exact) mass is 395 g/mol. The molecule has 7 nitrogen and oxygen atoms in total. The zero-order valence-electron chi connectivity index (χ0n) is 16.7. The number of aliphatic imine (C=N–C) groups is 1. The normalized spacial score (nSPS) is 18.3. The zero-order valence-corrected chi connectivity index (χ0v) is 16.7. The van der Waals surface area contributed by atoms with Crippen molar-refractivity contribution in [2.75, 3.05) is 44.8 Å². The van der Waals surface area contributed by atoms with E-state index in [1.54, 1.807) is 6.20 Å². The molecule has 0 atom stereocenters. The van der Waals surface area contributed by atoms with Gasteiger partial charge in [0, 0.05) is 43.1 Å². The molecule has 3 heterocycles. The van der Waals surface area contributed by atoms with Gasteiger partial charge in [-0.05, 0) is 56.0 Å². The Morgan fingerprint density at radius 3 is 2.79 bits per heavy atom. The molecular weight excluding hydrogens is 366 g/mol. The number of hydrogen-bond acceptors (Lipinski definition) is 6. The summed E-state index contributed by atoms with van der Waals surface area (Å²) in [6.07, 6.45) is 8.73. The average molecular weight is 396 g/mol. The molecule has 29 heavy (non-hydrogen) atoms. The van der Waals surface area contributed by atoms with Crippen LogP contribution in [0, 0.1) is 5.92 Å². The van der Waals surface area contributed by atoms with Crippen LogP contribution in [0.1, 0.15) is 19.3 Å². The molecule has 2 aromatic rings. The van der Waals surface area contributed by atoms with E-state index in [-0.39, 0.29) is 0 Å². The van der Waals surface area contributed by atoms with Crippen LogP contribution in [-0.4, -0.2) is 50.3 Å². The molecule has 0 bridgehead atoms. The van der Waals surface area contributed by atoms with Crippen molar-refractivity contribution in [2.45, 2.75) is 19.3 Å². The van der Waals surface area contributed by atoms with Gasteiger partial charge in [-0.15, -0.1) is 0 Å². The summed E-state index contributed by atoms with van der Waals surface area (Å²) in [5.74, 6) is 2.42. The minimum absolute atomic E-state index is 0.523. The lowest BCUT2D eigenvalue weighted by Crippen LogP contribution is -2.37. The fourth-order valence-electron chi connectivity index (χ4n) is 3.61. The van der Waals surface area contributed by atoms with Crippen LogP contribution in [0.2, 0.25) is 0 Å². The number of hydrogen-bond donors (Lipinski definition) is 3. The average Bonchev–Trinajstić information content (AvgIpc) is 3.33. The van der Waals surface area contributed by atoms with Gasteiger partial charge in [0.05, 0.1) is 6.20 Å². The first-order valence-electron chi connectivity index (χ1n) is 10.4. The standard InChI is InChI=1S/C22H29N5O2/c1-2-19(13-23-9-1)22(25-12-17-7-10-28-11-8-17)27-15-26-20-5-3-18(4-6-20)21-14-24-16-29-21/h2-6,14,16-17,23,26H,1,7-13,15H2,(H,25,27). The van der Waals surface area contributed by atoms with Gasteiger partial charge in [-0.1, -0.05) is 6.08 Å². The lowest BCUT2D eigenvalue weighted by molar-refractivity contribution is 0.0676. The molecule has 2 aliphatic heterocycles. The number of ether oxygens (including phenoxy) is 1. The van der Waals surface area contributed by atoms with Crippen LogP contribution < -0.4 is 16.0 Å². The minimum atomic E-state index is 0.523. The quantitative estimate of drug-likeness (QED) is 0.494. The highest BCUT2D eigenvalue weighted by Crippen LogP contribution is 2.20. The smallest absolute Gasteiger partial charge is 0.181 e. The number of nitrogens with zero attached hydrogens (tertiary/aromatic N) is 2. The Kier molecular flexibility index (Phi) is 6.94. The van der Waals surface area contributed by atoms with Crippen molar-refractivity contribution in [1.82, 2.24) is 15.6 Å². The van der Waals surface area contributed by atoms with E-state index in [0.717, 1.165) is 75.0 Å². The van der Waals surface area contributed by atoms with E-state index < -0.39 is 0 Å². The van der Waals surface area contributed by atoms with Crippen molar-refractivity contribution in [1.29, 1.82) is 0 Å². The van der Waals surface area contributed by atoms with Crippen LogP contribution in [0.25, 0.3) is 11.3 Å². The Morgan fingerprint density at radius 2 is 2.07 bits per heavy atom. The number of rotatable bonds is 7. The van der Waals surface area contributed by atoms with E-state index in [0.29, 0.717) is 12.6 Å². The first-order valence-corrected chi connectivity index (χ1v) is 10.4. The molecule has 7 heteroatoms. The topological polar surface area (TPSA) is 83.7 Å². The van der Waals surface area contributed by atoms with E-state index in [2.05, 4.69) is 27.0 Å². The third-order valence-corrected chi connectivity index (χ3v) is 5.35. The Hall–Kier alpha value is -2.64. The molecule has 1 aromatic heterocycles. The molecule has 0 aliphatic carbocycles. The molecule has 1 saturated heterocycles. The van der Waals surface area contributed by atoms with Crippen molar-refractivity contribution in [3.05, 3.63) is 48.5 Å². The molecule has 3 N–H and O–H groups in total. The number of aromatic nitrogens is 1. The van der Waals surface area contributed by atoms with Crippen molar-refractivity contribution in [3.8, 4) is 11.3 Å². The van der Waals surface area contributed by atoms with E-state index in [9.17, 15) is 0 Å². The number of anilines is 1. The van der Waals surface area contributed by atoms with Gasteiger partial charge in [0.2, 0.25) is 0 Å². The van der Waals surface area contributed by atoms with E-state index >= 15 is 0 Å². The lowest BCUT2D eigenvalue weighted by Gasteiger charge is -2.24. The predicted molar refractivity (Wildman–Crippen MR) is 115 cm³/mol. The number of benzene rings is 1. The van der Waals surface area contributed by atoms with Crippen molar-refractivity contribution in [3.63, 3.8) is 0 Å². The predicted octanol–water partition coefficient (Wildman–Crippen LogP) is 3.05. The SMILES string of the molecule is C1=C(C(=NCNc2ccc(-c3cnco3)cc2)NCC2CCOCC2)CNCC1. The van der Waals surface area contributed by atoms with Gasteiger partial charge >= 0.3 is 0 Å². The molecular formula is C22H29N5O2. The number of oxazole rings is 1. The van der Waals surface area contributed by atoms with Gasteiger partial charge in [0.25, 0.3) is 0 Å². The van der Waals surface area contributed by atoms with Crippen LogP contribution in [-0.2, 0) is 4.74 Å². The van der Waals surface area contributed by atoms with Gasteiger partial charge in [-0.3, -0.25) is 0 Å². The first-order chi connectivity index (χ1) is 14.4. The molecule has 2 aliphatic rings. The maximum absolute atomic E-state index is 5.47. The first kappa shape index (κ1) is 19.7. The Balaban J connectivity index is 1.35. The van der Waals surface area contributed by atoms with Crippen molar-refractivity contribution >= 4 is 11.5 Å². The molecule has 4 rings (SSSR count). The van der Waals surface area contributed by atoms with E-state index in [4.69, 9.17) is 14.1 Å². The molecule has 0 spiro atoms. The summed E-state index contributed by atoms with van der Waals surface area (Å²) < 4.78 is 10.8. The van der Waals surface area contributed by atoms with Crippen molar-refractivity contribution < 1.29 is 9.15 Å². The summed E-state index contributed by atoms with van der Waals surface area (Å²) in [6, 6.07) is 8.10. The Bertz CT molecular complexity index is 808. The van der Waals surface area contributed by atoms with Gasteiger partial charge in [0.15, 0.2) is 12.2 Å². The molecule has 1 fully saturated rings. The van der Waals surface area contributed by atoms with Crippen LogP contribution >= 0.6 is 0 Å². The zero-order chi connectivity index (χ0) is 19.7. The van der Waals surface area contributed by atoms with E-state index in [1.165, 1.54) is 12.0 Å². The molecule has 0 radical (unpaired) electrons. The number of nitrogens with one attached hydrogen (secondary N) is 3. The maximum atomic E-state index is 5.47. The summed E-state index contributed by atoms with van der Waals surface area (Å²) >= 11 is 0. The fourth-order valence-corrected chi connectivity index (χ4v) is 3.61. The molecule has 0 saturated carbocycles. The van der Waals surface area contributed by atoms with Gasteiger partial charge in [0.1, 0.15) is 12.5 Å². The molecule has 0 amide bonds. The fraction of sp³-hybridized carbons (Fsp3) is 0.455. The largest absolute Gasteiger partial charge is 0.444 e. The summed E-state index contributed by atoms with van der Waals surface area (Å²) in [6.45, 7) is 5.11. The Morgan fingerprint density at radius 1 is 1.21 bits per heavy atom. The highest BCUT2D eigenvalue weighted by atomic mass is 16.5. The van der Waals surface area contributed by atoms with Crippen LogP contribution in [0.3, 0.4) is 0 Å². The second-order valence-corrected chi connectivity index (χ2v) is 7.42. The third kappa shape index (κ3) is 5.68.